The molecule has 0 radical (unpaired) electrons. The SMILES string of the molecule is O=C(CF)c1ccccc1Oc1c(Cl)cc(C(F)(F)F)cc1Cl. The van der Waals surface area contributed by atoms with Crippen LogP contribution in [0.1, 0.15) is 15.9 Å². The van der Waals surface area contributed by atoms with E-state index in [0.717, 1.165) is 0 Å². The van der Waals surface area contributed by atoms with Gasteiger partial charge in [0.1, 0.15) is 5.75 Å². The molecule has 0 saturated heterocycles. The van der Waals surface area contributed by atoms with Gasteiger partial charge in [0.05, 0.1) is 21.2 Å². The van der Waals surface area contributed by atoms with Crippen molar-refractivity contribution in [3.63, 3.8) is 0 Å². The molecular formula is C15H8Cl2F4O2. The van der Waals surface area contributed by atoms with E-state index in [2.05, 4.69) is 0 Å². The summed E-state index contributed by atoms with van der Waals surface area (Å²) in [6, 6.07) is 6.99. The number of halogens is 6. The minimum Gasteiger partial charge on any atom is -0.453 e. The molecule has 122 valence electrons. The number of hydrogen-bond acceptors (Lipinski definition) is 2. The van der Waals surface area contributed by atoms with E-state index < -0.39 is 24.2 Å². The Balaban J connectivity index is 2.44. The smallest absolute Gasteiger partial charge is 0.416 e. The topological polar surface area (TPSA) is 26.3 Å². The molecule has 0 unspecified atom stereocenters. The van der Waals surface area contributed by atoms with Crippen LogP contribution in [-0.4, -0.2) is 12.5 Å². The van der Waals surface area contributed by atoms with Crippen LogP contribution in [0.4, 0.5) is 17.6 Å². The number of hydrogen-bond donors (Lipinski definition) is 0. The monoisotopic (exact) mass is 366 g/mol. The van der Waals surface area contributed by atoms with Gasteiger partial charge < -0.3 is 4.74 Å². The van der Waals surface area contributed by atoms with Crippen LogP contribution in [-0.2, 0) is 6.18 Å². The number of para-hydroxylation sites is 1. The maximum atomic E-state index is 12.7. The fourth-order valence-electron chi connectivity index (χ4n) is 1.79. The van der Waals surface area contributed by atoms with E-state index in [0.29, 0.717) is 12.1 Å². The Labute approximate surface area is 138 Å². The third kappa shape index (κ3) is 3.95. The van der Waals surface area contributed by atoms with Gasteiger partial charge in [-0.25, -0.2) is 4.39 Å². The first-order valence-corrected chi connectivity index (χ1v) is 6.92. The molecule has 0 bridgehead atoms. The predicted octanol–water partition coefficient (Wildman–Crippen LogP) is 5.96. The highest BCUT2D eigenvalue weighted by Gasteiger charge is 2.32. The summed E-state index contributed by atoms with van der Waals surface area (Å²) in [6.07, 6.45) is -4.62. The minimum atomic E-state index is -4.62. The fourth-order valence-corrected chi connectivity index (χ4v) is 2.35. The van der Waals surface area contributed by atoms with Crippen LogP contribution in [0.15, 0.2) is 36.4 Å². The lowest BCUT2D eigenvalue weighted by Gasteiger charge is -2.14. The molecule has 2 aromatic rings. The maximum Gasteiger partial charge on any atom is 0.416 e. The molecule has 0 N–H and O–H groups in total. The molecule has 2 nitrogen and oxygen atoms in total. The first-order valence-electron chi connectivity index (χ1n) is 6.16. The Morgan fingerprint density at radius 1 is 1.09 bits per heavy atom. The third-order valence-corrected chi connectivity index (χ3v) is 3.41. The average Bonchev–Trinajstić information content (AvgIpc) is 2.49. The molecule has 0 heterocycles. The van der Waals surface area contributed by atoms with Crippen molar-refractivity contribution in [1.82, 2.24) is 0 Å². The van der Waals surface area contributed by atoms with Gasteiger partial charge >= 0.3 is 6.18 Å². The molecule has 0 atom stereocenters. The van der Waals surface area contributed by atoms with Gasteiger partial charge in [0.15, 0.2) is 18.2 Å². The van der Waals surface area contributed by atoms with Gasteiger partial charge in [-0.15, -0.1) is 0 Å². The van der Waals surface area contributed by atoms with Crippen molar-refractivity contribution in [2.45, 2.75) is 6.18 Å². The van der Waals surface area contributed by atoms with E-state index in [-0.39, 0.29) is 27.1 Å². The molecule has 0 aliphatic rings. The first kappa shape index (κ1) is 17.6. The zero-order valence-electron chi connectivity index (χ0n) is 11.3. The van der Waals surface area contributed by atoms with Gasteiger partial charge in [-0.2, -0.15) is 13.2 Å². The van der Waals surface area contributed by atoms with Gasteiger partial charge in [-0.05, 0) is 24.3 Å². The number of Topliss-reactive ketones (excluding diaryl/α,β-unsaturated/α-hetero) is 1. The Hall–Kier alpha value is -1.79. The summed E-state index contributed by atoms with van der Waals surface area (Å²) in [5.41, 5.74) is -1.10. The lowest BCUT2D eigenvalue weighted by atomic mass is 10.1. The van der Waals surface area contributed by atoms with Crippen molar-refractivity contribution in [2.24, 2.45) is 0 Å². The Morgan fingerprint density at radius 3 is 2.17 bits per heavy atom. The van der Waals surface area contributed by atoms with Crippen LogP contribution >= 0.6 is 23.2 Å². The highest BCUT2D eigenvalue weighted by molar-refractivity contribution is 6.37. The maximum absolute atomic E-state index is 12.7. The van der Waals surface area contributed by atoms with Crippen LogP contribution in [0.5, 0.6) is 11.5 Å². The third-order valence-electron chi connectivity index (χ3n) is 2.85. The molecule has 0 spiro atoms. The van der Waals surface area contributed by atoms with Crippen molar-refractivity contribution < 1.29 is 27.1 Å². The van der Waals surface area contributed by atoms with Crippen molar-refractivity contribution in [1.29, 1.82) is 0 Å². The Morgan fingerprint density at radius 2 is 1.65 bits per heavy atom. The number of alkyl halides is 4. The molecule has 8 heteroatoms. The second-order valence-corrected chi connectivity index (χ2v) is 5.24. The van der Waals surface area contributed by atoms with E-state index in [1.54, 1.807) is 0 Å². The van der Waals surface area contributed by atoms with Crippen molar-refractivity contribution in [2.75, 3.05) is 6.67 Å². The molecule has 0 saturated carbocycles. The summed E-state index contributed by atoms with van der Waals surface area (Å²) in [5, 5.41) is -0.764. The van der Waals surface area contributed by atoms with Gasteiger partial charge in [0.2, 0.25) is 0 Å². The molecular weight excluding hydrogens is 359 g/mol. The summed E-state index contributed by atoms with van der Waals surface area (Å²) in [6.45, 7) is -1.24. The summed E-state index contributed by atoms with van der Waals surface area (Å²) >= 11 is 11.6. The standard InChI is InChI=1S/C15H8Cl2F4O2/c16-10-5-8(15(19,20)21)6-11(17)14(10)23-13-4-2-1-3-9(13)12(22)7-18/h1-6H,7H2. The second kappa shape index (κ2) is 6.76. The average molecular weight is 367 g/mol. The second-order valence-electron chi connectivity index (χ2n) is 4.42. The predicted molar refractivity (Wildman–Crippen MR) is 78.3 cm³/mol. The molecule has 0 fully saturated rings. The lowest BCUT2D eigenvalue weighted by molar-refractivity contribution is -0.137. The number of benzene rings is 2. The highest BCUT2D eigenvalue weighted by Crippen LogP contribution is 2.42. The van der Waals surface area contributed by atoms with Crippen molar-refractivity contribution in [3.8, 4) is 11.5 Å². The normalized spacial score (nSPS) is 11.4. The van der Waals surface area contributed by atoms with Gasteiger partial charge in [0.25, 0.3) is 0 Å². The zero-order valence-corrected chi connectivity index (χ0v) is 12.8. The number of carbonyl (C=O) groups excluding carboxylic acids is 1. The van der Waals surface area contributed by atoms with Gasteiger partial charge in [0, 0.05) is 0 Å². The van der Waals surface area contributed by atoms with Crippen LogP contribution in [0.25, 0.3) is 0 Å². The molecule has 0 aliphatic carbocycles. The number of ketones is 1. The highest BCUT2D eigenvalue weighted by atomic mass is 35.5. The molecule has 2 rings (SSSR count). The Kier molecular flexibility index (Phi) is 5.16. The van der Waals surface area contributed by atoms with E-state index in [9.17, 15) is 22.4 Å². The quantitative estimate of drug-likeness (QED) is 0.493. The van der Waals surface area contributed by atoms with Crippen LogP contribution in [0.2, 0.25) is 10.0 Å². The number of rotatable bonds is 4. The summed E-state index contributed by atoms with van der Waals surface area (Å²) in [4.78, 5) is 11.5. The van der Waals surface area contributed by atoms with E-state index in [1.807, 2.05) is 0 Å². The van der Waals surface area contributed by atoms with E-state index >= 15 is 0 Å². The summed E-state index contributed by atoms with van der Waals surface area (Å²) < 4.78 is 55.9. The van der Waals surface area contributed by atoms with Crippen molar-refractivity contribution >= 4 is 29.0 Å². The van der Waals surface area contributed by atoms with Crippen LogP contribution in [0.3, 0.4) is 0 Å². The lowest BCUT2D eigenvalue weighted by Crippen LogP contribution is -2.06. The summed E-state index contributed by atoms with van der Waals surface area (Å²) in [5.74, 6) is -1.14. The minimum absolute atomic E-state index is 0.0568. The van der Waals surface area contributed by atoms with Crippen LogP contribution in [0, 0.1) is 0 Å². The number of carbonyl (C=O) groups is 1. The molecule has 0 aromatic heterocycles. The molecule has 2 aromatic carbocycles. The molecule has 23 heavy (non-hydrogen) atoms. The van der Waals surface area contributed by atoms with Crippen LogP contribution < -0.4 is 4.74 Å². The largest absolute Gasteiger partial charge is 0.453 e. The van der Waals surface area contributed by atoms with E-state index in [4.69, 9.17) is 27.9 Å². The molecule has 0 amide bonds. The van der Waals surface area contributed by atoms with E-state index in [1.165, 1.54) is 24.3 Å². The van der Waals surface area contributed by atoms with Gasteiger partial charge in [-0.1, -0.05) is 35.3 Å². The molecule has 0 aliphatic heterocycles. The summed E-state index contributed by atoms with van der Waals surface area (Å²) in [7, 11) is 0. The fraction of sp³-hybridized carbons (Fsp3) is 0.133. The van der Waals surface area contributed by atoms with Crippen molar-refractivity contribution in [3.05, 3.63) is 57.6 Å². The zero-order chi connectivity index (χ0) is 17.2. The number of ether oxygens (including phenoxy) is 1. The first-order chi connectivity index (χ1) is 10.7. The Bertz CT molecular complexity index is 721. The van der Waals surface area contributed by atoms with Gasteiger partial charge in [-0.3, -0.25) is 4.79 Å².